The van der Waals surface area contributed by atoms with Crippen molar-refractivity contribution in [1.29, 1.82) is 0 Å². The third kappa shape index (κ3) is 4.00. The first-order valence-corrected chi connectivity index (χ1v) is 5.91. The number of benzene rings is 1. The van der Waals surface area contributed by atoms with Crippen molar-refractivity contribution in [3.63, 3.8) is 0 Å². The predicted molar refractivity (Wildman–Crippen MR) is 70.3 cm³/mol. The number of hydrogen-bond acceptors (Lipinski definition) is 1. The monoisotopic (exact) mass is 221 g/mol. The molecule has 2 heteroatoms. The van der Waals surface area contributed by atoms with Crippen molar-refractivity contribution in [2.45, 2.75) is 39.0 Å². The second-order valence-corrected chi connectivity index (χ2v) is 4.59. The second-order valence-electron chi connectivity index (χ2n) is 4.06. The second kappa shape index (κ2) is 5.86. The molecule has 0 amide bonds. The van der Waals surface area contributed by atoms with Gasteiger partial charge in [-0.3, -0.25) is 0 Å². The normalized spacial score (nSPS) is 12.4. The Labute approximate surface area is 97.7 Å². The number of hydrogen-bond donors (Lipinski definition) is 1. The molecule has 0 bridgehead atoms. The summed E-state index contributed by atoms with van der Waals surface area (Å²) in [6, 6.07) is 8.78. The lowest BCUT2D eigenvalue weighted by Crippen LogP contribution is -2.11. The highest BCUT2D eigenvalue weighted by Crippen LogP contribution is 2.19. The Morgan fingerprint density at radius 1 is 1.33 bits per heavy atom. The van der Waals surface area contributed by atoms with Crippen LogP contribution in [0.5, 0.6) is 0 Å². The van der Waals surface area contributed by atoms with Crippen LogP contribution in [0.1, 0.15) is 43.7 Å². The lowest BCUT2D eigenvalue weighted by molar-refractivity contribution is 0.804. The largest absolute Gasteiger partial charge is 0.393 e. The molecule has 0 heterocycles. The number of nitrogens with two attached hydrogens (primary N) is 1. The molecule has 1 aromatic carbocycles. The molecule has 0 fully saturated rings. The topological polar surface area (TPSA) is 26.0 Å². The lowest BCUT2D eigenvalue weighted by Gasteiger charge is -2.11. The van der Waals surface area contributed by atoms with Gasteiger partial charge in [0.05, 0.1) is 4.99 Å². The summed E-state index contributed by atoms with van der Waals surface area (Å²) in [7, 11) is 0. The third-order valence-corrected chi connectivity index (χ3v) is 2.76. The van der Waals surface area contributed by atoms with Gasteiger partial charge in [0.1, 0.15) is 0 Å². The van der Waals surface area contributed by atoms with Crippen LogP contribution in [0.4, 0.5) is 0 Å². The van der Waals surface area contributed by atoms with Crippen molar-refractivity contribution < 1.29 is 0 Å². The molecule has 82 valence electrons. The summed E-state index contributed by atoms with van der Waals surface area (Å²) in [5.41, 5.74) is 8.27. The van der Waals surface area contributed by atoms with Gasteiger partial charge in [0.25, 0.3) is 0 Å². The molecule has 1 rings (SSSR count). The van der Waals surface area contributed by atoms with E-state index in [1.165, 1.54) is 17.5 Å². The molecule has 1 unspecified atom stereocenters. The first-order chi connectivity index (χ1) is 7.13. The molecular weight excluding hydrogens is 202 g/mol. The van der Waals surface area contributed by atoms with E-state index in [2.05, 4.69) is 38.1 Å². The molecule has 0 saturated carbocycles. The first-order valence-electron chi connectivity index (χ1n) is 5.50. The summed E-state index contributed by atoms with van der Waals surface area (Å²) < 4.78 is 0. The van der Waals surface area contributed by atoms with E-state index in [-0.39, 0.29) is 0 Å². The fourth-order valence-electron chi connectivity index (χ4n) is 1.72. The summed E-state index contributed by atoms with van der Waals surface area (Å²) in [5.74, 6) is 0.429. The van der Waals surface area contributed by atoms with Crippen LogP contribution in [0.2, 0.25) is 0 Å². The van der Waals surface area contributed by atoms with Crippen LogP contribution < -0.4 is 5.73 Å². The van der Waals surface area contributed by atoms with Crippen molar-refractivity contribution >= 4 is 17.2 Å². The van der Waals surface area contributed by atoms with Crippen LogP contribution in [0.25, 0.3) is 0 Å². The fourth-order valence-corrected chi connectivity index (χ4v) is 1.97. The van der Waals surface area contributed by atoms with Gasteiger partial charge in [-0.05, 0) is 23.5 Å². The Morgan fingerprint density at radius 3 is 2.40 bits per heavy atom. The van der Waals surface area contributed by atoms with Crippen LogP contribution >= 0.6 is 12.2 Å². The minimum atomic E-state index is 0.429. The molecule has 0 aromatic heterocycles. The quantitative estimate of drug-likeness (QED) is 0.771. The lowest BCUT2D eigenvalue weighted by atomic mass is 9.96. The zero-order valence-corrected chi connectivity index (χ0v) is 10.3. The fraction of sp³-hybridized carbons (Fsp3) is 0.462. The number of thiocarbonyl (C=S) groups is 1. The maximum absolute atomic E-state index is 5.54. The van der Waals surface area contributed by atoms with E-state index in [0.717, 1.165) is 12.8 Å². The van der Waals surface area contributed by atoms with E-state index in [0.29, 0.717) is 10.9 Å². The molecule has 0 spiro atoms. The Balaban J connectivity index is 2.66. The van der Waals surface area contributed by atoms with Gasteiger partial charge in [0, 0.05) is 6.42 Å². The Bertz CT molecular complexity index is 316. The molecule has 1 aromatic rings. The molecule has 15 heavy (non-hydrogen) atoms. The SMILES string of the molecule is CCCc1ccc(C(C)CC(N)=S)cc1. The molecule has 2 N–H and O–H groups in total. The Hall–Kier alpha value is -0.890. The van der Waals surface area contributed by atoms with Crippen LogP contribution in [0.3, 0.4) is 0 Å². The highest BCUT2D eigenvalue weighted by molar-refractivity contribution is 7.80. The van der Waals surface area contributed by atoms with Gasteiger partial charge >= 0.3 is 0 Å². The zero-order valence-electron chi connectivity index (χ0n) is 9.49. The van der Waals surface area contributed by atoms with Crippen LogP contribution in [-0.4, -0.2) is 4.99 Å². The van der Waals surface area contributed by atoms with Crippen molar-refractivity contribution in [1.82, 2.24) is 0 Å². The van der Waals surface area contributed by atoms with Crippen LogP contribution in [-0.2, 0) is 6.42 Å². The summed E-state index contributed by atoms with van der Waals surface area (Å²) >= 11 is 4.92. The molecule has 0 saturated heterocycles. The molecule has 0 aliphatic rings. The maximum atomic E-state index is 5.54. The van der Waals surface area contributed by atoms with E-state index in [1.807, 2.05) is 0 Å². The molecule has 0 aliphatic heterocycles. The smallest absolute Gasteiger partial charge is 0.0733 e. The molecule has 0 radical (unpaired) electrons. The van der Waals surface area contributed by atoms with Gasteiger partial charge in [-0.25, -0.2) is 0 Å². The van der Waals surface area contributed by atoms with Crippen LogP contribution in [0.15, 0.2) is 24.3 Å². The van der Waals surface area contributed by atoms with Crippen molar-refractivity contribution in [2.24, 2.45) is 5.73 Å². The van der Waals surface area contributed by atoms with E-state index < -0.39 is 0 Å². The zero-order chi connectivity index (χ0) is 11.3. The maximum Gasteiger partial charge on any atom is 0.0733 e. The molecule has 0 aliphatic carbocycles. The summed E-state index contributed by atoms with van der Waals surface area (Å²) in [6.07, 6.45) is 3.15. The number of aryl methyl sites for hydroxylation is 1. The van der Waals surface area contributed by atoms with E-state index in [4.69, 9.17) is 18.0 Å². The van der Waals surface area contributed by atoms with Gasteiger partial charge in [-0.15, -0.1) is 0 Å². The van der Waals surface area contributed by atoms with E-state index in [1.54, 1.807) is 0 Å². The van der Waals surface area contributed by atoms with Gasteiger partial charge in [0.15, 0.2) is 0 Å². The molecule has 1 atom stereocenters. The van der Waals surface area contributed by atoms with Gasteiger partial charge in [-0.1, -0.05) is 56.8 Å². The number of rotatable bonds is 5. The van der Waals surface area contributed by atoms with Crippen LogP contribution in [0, 0.1) is 0 Å². The summed E-state index contributed by atoms with van der Waals surface area (Å²) in [4.78, 5) is 0.597. The average Bonchev–Trinajstić information content (AvgIpc) is 2.18. The standard InChI is InChI=1S/C13H19NS/c1-3-4-11-5-7-12(8-6-11)10(2)9-13(14)15/h5-8,10H,3-4,9H2,1-2H3,(H2,14,15). The van der Waals surface area contributed by atoms with Gasteiger partial charge in [0.2, 0.25) is 0 Å². The van der Waals surface area contributed by atoms with E-state index >= 15 is 0 Å². The predicted octanol–water partition coefficient (Wildman–Crippen LogP) is 3.42. The average molecular weight is 221 g/mol. The minimum Gasteiger partial charge on any atom is -0.393 e. The Kier molecular flexibility index (Phi) is 4.76. The van der Waals surface area contributed by atoms with Crippen molar-refractivity contribution in [3.8, 4) is 0 Å². The highest BCUT2D eigenvalue weighted by Gasteiger charge is 2.06. The molecule has 1 nitrogen and oxygen atoms in total. The van der Waals surface area contributed by atoms with Crippen molar-refractivity contribution in [2.75, 3.05) is 0 Å². The van der Waals surface area contributed by atoms with E-state index in [9.17, 15) is 0 Å². The highest BCUT2D eigenvalue weighted by atomic mass is 32.1. The minimum absolute atomic E-state index is 0.429. The Morgan fingerprint density at radius 2 is 1.93 bits per heavy atom. The summed E-state index contributed by atoms with van der Waals surface area (Å²) in [6.45, 7) is 4.36. The van der Waals surface area contributed by atoms with Gasteiger partial charge < -0.3 is 5.73 Å². The third-order valence-electron chi connectivity index (χ3n) is 2.59. The van der Waals surface area contributed by atoms with Gasteiger partial charge in [-0.2, -0.15) is 0 Å². The van der Waals surface area contributed by atoms with Crippen molar-refractivity contribution in [3.05, 3.63) is 35.4 Å². The molecular formula is C13H19NS. The first kappa shape index (κ1) is 12.2. The summed E-state index contributed by atoms with van der Waals surface area (Å²) in [5, 5.41) is 0.